The van der Waals surface area contributed by atoms with E-state index in [4.69, 9.17) is 12.2 Å². The first-order valence-electron chi connectivity index (χ1n) is 3.22. The Morgan fingerprint density at radius 1 is 1.64 bits per heavy atom. The Bertz CT molecular complexity index is 151. The topological polar surface area (TPSA) is 29.3 Å². The molecule has 0 bridgehead atoms. The molecular weight excluding hydrogens is 150 g/mol. The third kappa shape index (κ3) is 4.71. The minimum atomic E-state index is -2.83. The van der Waals surface area contributed by atoms with Crippen molar-refractivity contribution in [3.05, 3.63) is 0 Å². The molecule has 0 spiro atoms. The van der Waals surface area contributed by atoms with Crippen molar-refractivity contribution in [2.75, 3.05) is 26.7 Å². The first kappa shape index (κ1) is 10.3. The van der Waals surface area contributed by atoms with Gasteiger partial charge >= 0.3 is 0 Å². The highest BCUT2D eigenvalue weighted by molar-refractivity contribution is 4.88. The van der Waals surface area contributed by atoms with Gasteiger partial charge in [0.1, 0.15) is 0 Å². The van der Waals surface area contributed by atoms with Crippen LogP contribution in [0.2, 0.25) is 0 Å². The smallest absolute Gasteiger partial charge is 0.272 e. The second-order valence-electron chi connectivity index (χ2n) is 2.44. The lowest BCUT2D eigenvalue weighted by Crippen LogP contribution is -2.40. The molecule has 0 aromatic carbocycles. The van der Waals surface area contributed by atoms with E-state index in [1.807, 2.05) is 0 Å². The lowest BCUT2D eigenvalue weighted by Gasteiger charge is -2.20. The molecule has 64 valence electrons. The number of alkyl halides is 2. The zero-order chi connectivity index (χ0) is 8.91. The van der Waals surface area contributed by atoms with Gasteiger partial charge in [0.2, 0.25) is 0 Å². The highest BCUT2D eigenvalue weighted by atomic mass is 19.3. The lowest BCUT2D eigenvalue weighted by atomic mass is 10.3. The Balaban J connectivity index is 3.75. The molecule has 0 aliphatic rings. The zero-order valence-electron chi connectivity index (χ0n) is 6.48. The Kier molecular flexibility index (Phi) is 4.01. The van der Waals surface area contributed by atoms with Gasteiger partial charge in [-0.25, -0.2) is 8.78 Å². The number of terminal acetylenes is 1. The van der Waals surface area contributed by atoms with E-state index >= 15 is 0 Å². The van der Waals surface area contributed by atoms with Gasteiger partial charge in [-0.05, 0) is 7.05 Å². The highest BCUT2D eigenvalue weighted by Gasteiger charge is 2.27. The quantitative estimate of drug-likeness (QED) is 0.596. The Morgan fingerprint density at radius 3 is 2.55 bits per heavy atom. The maximum atomic E-state index is 12.5. The van der Waals surface area contributed by atoms with Gasteiger partial charge in [0.15, 0.2) is 0 Å². The summed E-state index contributed by atoms with van der Waals surface area (Å²) in [4.78, 5) is 1.35. The van der Waals surface area contributed by atoms with Crippen LogP contribution in [0.15, 0.2) is 0 Å². The largest absolute Gasteiger partial charge is 0.325 e. The minimum Gasteiger partial charge on any atom is -0.325 e. The van der Waals surface area contributed by atoms with Crippen molar-refractivity contribution in [3.63, 3.8) is 0 Å². The molecular formula is C7H12F2N2. The standard InChI is InChI=1S/C7H12F2N2/c1-3-4-11(2)6-7(8,9)5-10/h1H,4-6,10H2,2H3. The first-order chi connectivity index (χ1) is 5.02. The number of hydrogen-bond donors (Lipinski definition) is 1. The van der Waals surface area contributed by atoms with E-state index in [1.54, 1.807) is 0 Å². The summed E-state index contributed by atoms with van der Waals surface area (Å²) in [5, 5.41) is 0. The van der Waals surface area contributed by atoms with Crippen molar-refractivity contribution >= 4 is 0 Å². The normalized spacial score (nSPS) is 11.6. The molecule has 0 saturated carbocycles. The molecule has 0 saturated heterocycles. The van der Waals surface area contributed by atoms with Gasteiger partial charge in [0, 0.05) is 0 Å². The van der Waals surface area contributed by atoms with Crippen molar-refractivity contribution < 1.29 is 8.78 Å². The molecule has 0 aromatic rings. The number of hydrogen-bond acceptors (Lipinski definition) is 2. The van der Waals surface area contributed by atoms with Gasteiger partial charge in [0.05, 0.1) is 19.6 Å². The fraction of sp³-hybridized carbons (Fsp3) is 0.714. The summed E-state index contributed by atoms with van der Waals surface area (Å²) in [6, 6.07) is 0. The molecule has 0 aliphatic carbocycles. The maximum absolute atomic E-state index is 12.5. The van der Waals surface area contributed by atoms with Crippen molar-refractivity contribution in [2.24, 2.45) is 5.73 Å². The summed E-state index contributed by atoms with van der Waals surface area (Å²) in [6.45, 7) is -0.800. The molecule has 0 atom stereocenters. The van der Waals surface area contributed by atoms with E-state index in [0.717, 1.165) is 0 Å². The molecule has 2 nitrogen and oxygen atoms in total. The van der Waals surface area contributed by atoms with Crippen LogP contribution in [-0.4, -0.2) is 37.5 Å². The number of nitrogens with two attached hydrogens (primary N) is 1. The van der Waals surface area contributed by atoms with Gasteiger partial charge in [-0.3, -0.25) is 4.90 Å². The van der Waals surface area contributed by atoms with Gasteiger partial charge in [0.25, 0.3) is 5.92 Å². The van der Waals surface area contributed by atoms with Crippen LogP contribution in [0.5, 0.6) is 0 Å². The molecule has 0 fully saturated rings. The summed E-state index contributed by atoms with van der Waals surface area (Å²) in [6.07, 6.45) is 4.92. The third-order valence-corrected chi connectivity index (χ3v) is 1.16. The molecule has 0 unspecified atom stereocenters. The molecule has 0 rings (SSSR count). The van der Waals surface area contributed by atoms with Crippen molar-refractivity contribution in [2.45, 2.75) is 5.92 Å². The van der Waals surface area contributed by atoms with E-state index < -0.39 is 12.5 Å². The summed E-state index contributed by atoms with van der Waals surface area (Å²) < 4.78 is 25.0. The van der Waals surface area contributed by atoms with E-state index in [0.29, 0.717) is 0 Å². The molecule has 0 amide bonds. The maximum Gasteiger partial charge on any atom is 0.272 e. The van der Waals surface area contributed by atoms with Crippen LogP contribution in [-0.2, 0) is 0 Å². The van der Waals surface area contributed by atoms with Crippen LogP contribution in [0, 0.1) is 12.3 Å². The van der Waals surface area contributed by atoms with E-state index in [1.165, 1.54) is 11.9 Å². The van der Waals surface area contributed by atoms with Crippen molar-refractivity contribution in [3.8, 4) is 12.3 Å². The van der Waals surface area contributed by atoms with Crippen LogP contribution in [0.1, 0.15) is 0 Å². The summed E-state index contributed by atoms with van der Waals surface area (Å²) >= 11 is 0. The molecule has 2 N–H and O–H groups in total. The predicted octanol–water partition coefficient (Wildman–Crippen LogP) is 0.145. The van der Waals surface area contributed by atoms with E-state index in [-0.39, 0.29) is 13.1 Å². The van der Waals surface area contributed by atoms with E-state index in [9.17, 15) is 8.78 Å². The van der Waals surface area contributed by atoms with Gasteiger partial charge in [-0.1, -0.05) is 5.92 Å². The Hall–Kier alpha value is -0.660. The minimum absolute atomic E-state index is 0.218. The van der Waals surface area contributed by atoms with Gasteiger partial charge in [-0.2, -0.15) is 0 Å². The van der Waals surface area contributed by atoms with Crippen molar-refractivity contribution in [1.82, 2.24) is 4.90 Å². The van der Waals surface area contributed by atoms with Crippen LogP contribution in [0.25, 0.3) is 0 Å². The van der Waals surface area contributed by atoms with Gasteiger partial charge in [-0.15, -0.1) is 6.42 Å². The third-order valence-electron chi connectivity index (χ3n) is 1.16. The molecule has 0 radical (unpaired) electrons. The van der Waals surface area contributed by atoms with Crippen LogP contribution >= 0.6 is 0 Å². The number of halogens is 2. The van der Waals surface area contributed by atoms with Crippen LogP contribution < -0.4 is 5.73 Å². The van der Waals surface area contributed by atoms with Crippen molar-refractivity contribution in [1.29, 1.82) is 0 Å². The summed E-state index contributed by atoms with van der Waals surface area (Å²) in [5.74, 6) is -0.562. The molecule has 4 heteroatoms. The monoisotopic (exact) mass is 162 g/mol. The molecule has 11 heavy (non-hydrogen) atoms. The summed E-state index contributed by atoms with van der Waals surface area (Å²) in [7, 11) is 1.53. The predicted molar refractivity (Wildman–Crippen MR) is 40.3 cm³/mol. The highest BCUT2D eigenvalue weighted by Crippen LogP contribution is 2.11. The zero-order valence-corrected chi connectivity index (χ0v) is 6.48. The summed E-state index contributed by atoms with van der Waals surface area (Å²) in [5.41, 5.74) is 4.82. The van der Waals surface area contributed by atoms with E-state index in [2.05, 4.69) is 5.92 Å². The average molecular weight is 162 g/mol. The molecule has 0 heterocycles. The van der Waals surface area contributed by atoms with Crippen LogP contribution in [0.3, 0.4) is 0 Å². The molecule has 0 aromatic heterocycles. The second-order valence-corrected chi connectivity index (χ2v) is 2.44. The van der Waals surface area contributed by atoms with Crippen LogP contribution in [0.4, 0.5) is 8.78 Å². The Morgan fingerprint density at radius 2 is 2.18 bits per heavy atom. The fourth-order valence-electron chi connectivity index (χ4n) is 0.671. The lowest BCUT2D eigenvalue weighted by molar-refractivity contribution is -0.0146. The first-order valence-corrected chi connectivity index (χ1v) is 3.22. The Labute approximate surface area is 65.4 Å². The number of rotatable bonds is 4. The number of nitrogens with zero attached hydrogens (tertiary/aromatic N) is 1. The SMILES string of the molecule is C#CCN(C)CC(F)(F)CN. The fourth-order valence-corrected chi connectivity index (χ4v) is 0.671. The molecule has 0 aliphatic heterocycles. The average Bonchev–Trinajstić information content (AvgIpc) is 1.87. The van der Waals surface area contributed by atoms with Gasteiger partial charge < -0.3 is 5.73 Å². The second kappa shape index (κ2) is 4.27.